The van der Waals surface area contributed by atoms with E-state index in [4.69, 9.17) is 0 Å². The summed E-state index contributed by atoms with van der Waals surface area (Å²) in [6, 6.07) is 5.10. The number of benzene rings is 1. The maximum absolute atomic E-state index is 13.5. The third-order valence-corrected chi connectivity index (χ3v) is 4.14. The molecule has 0 bridgehead atoms. The zero-order chi connectivity index (χ0) is 12.7. The molecule has 2 heteroatoms. The molecule has 0 heterocycles. The Kier molecular flexibility index (Phi) is 3.03. The van der Waals surface area contributed by atoms with E-state index in [2.05, 4.69) is 13.8 Å². The van der Waals surface area contributed by atoms with Crippen LogP contribution < -0.4 is 0 Å². The first-order valence-corrected chi connectivity index (χ1v) is 6.31. The lowest BCUT2D eigenvalue weighted by molar-refractivity contribution is -0.0307. The molecule has 1 nitrogen and oxygen atoms in total. The van der Waals surface area contributed by atoms with Gasteiger partial charge in [-0.15, -0.1) is 0 Å². The Labute approximate surface area is 103 Å². The van der Waals surface area contributed by atoms with E-state index in [0.29, 0.717) is 11.0 Å². The molecule has 1 aliphatic carbocycles. The Bertz CT molecular complexity index is 413. The van der Waals surface area contributed by atoms with Crippen LogP contribution in [0.5, 0.6) is 0 Å². The highest BCUT2D eigenvalue weighted by Gasteiger charge is 2.38. The molecule has 0 unspecified atom stereocenters. The highest BCUT2D eigenvalue weighted by molar-refractivity contribution is 5.28. The topological polar surface area (TPSA) is 20.2 Å². The highest BCUT2D eigenvalue weighted by atomic mass is 19.1. The van der Waals surface area contributed by atoms with Crippen LogP contribution in [-0.2, 0) is 5.60 Å². The van der Waals surface area contributed by atoms with Crippen molar-refractivity contribution in [2.24, 2.45) is 5.41 Å². The Hall–Kier alpha value is -0.890. The van der Waals surface area contributed by atoms with Crippen molar-refractivity contribution in [3.8, 4) is 0 Å². The Morgan fingerprint density at radius 2 is 1.71 bits per heavy atom. The van der Waals surface area contributed by atoms with Crippen molar-refractivity contribution in [2.75, 3.05) is 0 Å². The van der Waals surface area contributed by atoms with Crippen LogP contribution in [0, 0.1) is 18.2 Å². The lowest BCUT2D eigenvalue weighted by Crippen LogP contribution is -2.34. The molecule has 94 valence electrons. The summed E-state index contributed by atoms with van der Waals surface area (Å²) in [6.07, 6.45) is 3.42. The minimum absolute atomic E-state index is 0.222. The third kappa shape index (κ3) is 2.52. The average Bonchev–Trinajstić information content (AvgIpc) is 2.27. The molecular weight excluding hydrogens is 215 g/mol. The summed E-state index contributed by atoms with van der Waals surface area (Å²) < 4.78 is 13.5. The highest BCUT2D eigenvalue weighted by Crippen LogP contribution is 2.45. The van der Waals surface area contributed by atoms with Gasteiger partial charge in [0.25, 0.3) is 0 Å². The van der Waals surface area contributed by atoms with Crippen LogP contribution in [0.3, 0.4) is 0 Å². The zero-order valence-corrected chi connectivity index (χ0v) is 10.9. The molecule has 0 aliphatic heterocycles. The van der Waals surface area contributed by atoms with E-state index in [0.717, 1.165) is 31.2 Å². The van der Waals surface area contributed by atoms with E-state index in [1.165, 1.54) is 6.07 Å². The van der Waals surface area contributed by atoms with E-state index in [-0.39, 0.29) is 5.82 Å². The fraction of sp³-hybridized carbons (Fsp3) is 0.600. The molecule has 1 aromatic carbocycles. The van der Waals surface area contributed by atoms with Gasteiger partial charge in [-0.05, 0) is 55.2 Å². The second-order valence-electron chi connectivity index (χ2n) is 6.16. The smallest absolute Gasteiger partial charge is 0.126 e. The first-order chi connectivity index (χ1) is 7.82. The van der Waals surface area contributed by atoms with Crippen LogP contribution in [0.2, 0.25) is 0 Å². The third-order valence-electron chi connectivity index (χ3n) is 4.14. The summed E-state index contributed by atoms with van der Waals surface area (Å²) in [6.45, 7) is 6.19. The monoisotopic (exact) mass is 236 g/mol. The first-order valence-electron chi connectivity index (χ1n) is 6.31. The maximum Gasteiger partial charge on any atom is 0.126 e. The predicted octanol–water partition coefficient (Wildman–Crippen LogP) is 3.92. The van der Waals surface area contributed by atoms with Crippen molar-refractivity contribution in [1.29, 1.82) is 0 Å². The maximum atomic E-state index is 13.5. The van der Waals surface area contributed by atoms with Gasteiger partial charge >= 0.3 is 0 Å². The summed E-state index contributed by atoms with van der Waals surface area (Å²) in [5.41, 5.74) is 0.837. The van der Waals surface area contributed by atoms with Crippen LogP contribution in [0.1, 0.15) is 50.7 Å². The van der Waals surface area contributed by atoms with Gasteiger partial charge in [0, 0.05) is 0 Å². The minimum atomic E-state index is -0.829. The second kappa shape index (κ2) is 4.09. The number of halogens is 1. The molecule has 0 radical (unpaired) electrons. The molecule has 0 atom stereocenters. The molecule has 0 aromatic heterocycles. The summed E-state index contributed by atoms with van der Waals surface area (Å²) in [4.78, 5) is 0. The fourth-order valence-electron chi connectivity index (χ4n) is 2.51. The predicted molar refractivity (Wildman–Crippen MR) is 67.3 cm³/mol. The molecule has 0 amide bonds. The summed E-state index contributed by atoms with van der Waals surface area (Å²) in [5.74, 6) is -0.222. The molecule has 1 N–H and O–H groups in total. The summed E-state index contributed by atoms with van der Waals surface area (Å²) >= 11 is 0. The standard InChI is InChI=1S/C15H21FO/c1-11-4-5-12(10-13(11)16)15(17)8-6-14(2,3)7-9-15/h4-5,10,17H,6-9H2,1-3H3. The molecule has 1 saturated carbocycles. The van der Waals surface area contributed by atoms with Gasteiger partial charge in [0.15, 0.2) is 0 Å². The van der Waals surface area contributed by atoms with Gasteiger partial charge in [0.2, 0.25) is 0 Å². The summed E-state index contributed by atoms with van der Waals surface area (Å²) in [7, 11) is 0. The molecular formula is C15H21FO. The van der Waals surface area contributed by atoms with Crippen molar-refractivity contribution in [3.63, 3.8) is 0 Å². The Balaban J connectivity index is 2.24. The SMILES string of the molecule is Cc1ccc(C2(O)CCC(C)(C)CC2)cc1F. The van der Waals surface area contributed by atoms with Gasteiger partial charge in [-0.1, -0.05) is 26.0 Å². The molecule has 1 fully saturated rings. The number of aliphatic hydroxyl groups is 1. The van der Waals surface area contributed by atoms with E-state index in [9.17, 15) is 9.50 Å². The van der Waals surface area contributed by atoms with Crippen molar-refractivity contribution in [1.82, 2.24) is 0 Å². The molecule has 0 saturated heterocycles. The second-order valence-corrected chi connectivity index (χ2v) is 6.16. The first kappa shape index (κ1) is 12.6. The zero-order valence-electron chi connectivity index (χ0n) is 10.9. The van der Waals surface area contributed by atoms with Crippen LogP contribution in [-0.4, -0.2) is 5.11 Å². The van der Waals surface area contributed by atoms with E-state index < -0.39 is 5.60 Å². The largest absolute Gasteiger partial charge is 0.385 e. The quantitative estimate of drug-likeness (QED) is 0.783. The van der Waals surface area contributed by atoms with Gasteiger partial charge in [-0.2, -0.15) is 0 Å². The van der Waals surface area contributed by atoms with Gasteiger partial charge in [-0.3, -0.25) is 0 Å². The molecule has 2 rings (SSSR count). The van der Waals surface area contributed by atoms with Crippen molar-refractivity contribution in [2.45, 2.75) is 52.1 Å². The van der Waals surface area contributed by atoms with E-state index >= 15 is 0 Å². The van der Waals surface area contributed by atoms with Crippen LogP contribution in [0.25, 0.3) is 0 Å². The fourth-order valence-corrected chi connectivity index (χ4v) is 2.51. The van der Waals surface area contributed by atoms with Crippen LogP contribution in [0.4, 0.5) is 4.39 Å². The Morgan fingerprint density at radius 3 is 2.24 bits per heavy atom. The number of hydrogen-bond acceptors (Lipinski definition) is 1. The average molecular weight is 236 g/mol. The molecule has 1 aliphatic rings. The number of hydrogen-bond donors (Lipinski definition) is 1. The van der Waals surface area contributed by atoms with Crippen molar-refractivity contribution < 1.29 is 9.50 Å². The van der Waals surface area contributed by atoms with Gasteiger partial charge in [-0.25, -0.2) is 4.39 Å². The molecule has 17 heavy (non-hydrogen) atoms. The minimum Gasteiger partial charge on any atom is -0.385 e. The van der Waals surface area contributed by atoms with Gasteiger partial charge in [0.05, 0.1) is 5.60 Å². The normalized spacial score (nSPS) is 22.4. The van der Waals surface area contributed by atoms with Gasteiger partial charge < -0.3 is 5.11 Å². The van der Waals surface area contributed by atoms with Crippen LogP contribution in [0.15, 0.2) is 18.2 Å². The van der Waals surface area contributed by atoms with E-state index in [1.54, 1.807) is 13.0 Å². The summed E-state index contributed by atoms with van der Waals surface area (Å²) in [5, 5.41) is 10.6. The molecule has 0 spiro atoms. The lowest BCUT2D eigenvalue weighted by Gasteiger charge is -2.40. The lowest BCUT2D eigenvalue weighted by atomic mass is 9.69. The number of aryl methyl sites for hydroxylation is 1. The number of rotatable bonds is 1. The van der Waals surface area contributed by atoms with Gasteiger partial charge in [0.1, 0.15) is 5.82 Å². The Morgan fingerprint density at radius 1 is 1.12 bits per heavy atom. The van der Waals surface area contributed by atoms with Crippen LogP contribution >= 0.6 is 0 Å². The van der Waals surface area contributed by atoms with Crippen molar-refractivity contribution in [3.05, 3.63) is 35.1 Å². The molecule has 1 aromatic rings. The van der Waals surface area contributed by atoms with Crippen molar-refractivity contribution >= 4 is 0 Å². The van der Waals surface area contributed by atoms with E-state index in [1.807, 2.05) is 6.07 Å².